The van der Waals surface area contributed by atoms with Crippen LogP contribution in [0.2, 0.25) is 0 Å². The third-order valence-corrected chi connectivity index (χ3v) is 3.51. The largest absolute Gasteiger partial charge is 0.449 e. The van der Waals surface area contributed by atoms with Crippen LogP contribution in [-0.2, 0) is 15.7 Å². The van der Waals surface area contributed by atoms with E-state index < -0.39 is 51.8 Å². The third-order valence-electron chi connectivity index (χ3n) is 3.51. The molecule has 0 aliphatic heterocycles. The number of alkyl halides is 3. The molecule has 1 N–H and O–H groups in total. The summed E-state index contributed by atoms with van der Waals surface area (Å²) in [5.41, 5.74) is -3.02. The molecule has 2 aromatic rings. The second-order valence-electron chi connectivity index (χ2n) is 5.53. The van der Waals surface area contributed by atoms with Crippen LogP contribution in [0.25, 0.3) is 0 Å². The Labute approximate surface area is 155 Å². The van der Waals surface area contributed by atoms with E-state index in [1.165, 1.54) is 0 Å². The predicted molar refractivity (Wildman–Crippen MR) is 88.0 cm³/mol. The van der Waals surface area contributed by atoms with Gasteiger partial charge >= 0.3 is 12.1 Å². The van der Waals surface area contributed by atoms with Crippen molar-refractivity contribution in [1.82, 2.24) is 0 Å². The quantitative estimate of drug-likeness (QED) is 0.355. The number of halogens is 4. The lowest BCUT2D eigenvalue weighted by molar-refractivity contribution is -0.385. The van der Waals surface area contributed by atoms with Crippen molar-refractivity contribution in [3.05, 3.63) is 69.5 Å². The molecule has 0 saturated heterocycles. The highest BCUT2D eigenvalue weighted by Crippen LogP contribution is 2.37. The Balaban J connectivity index is 2.16. The van der Waals surface area contributed by atoms with Crippen LogP contribution in [0.3, 0.4) is 0 Å². The summed E-state index contributed by atoms with van der Waals surface area (Å²) in [4.78, 5) is 33.6. The summed E-state index contributed by atoms with van der Waals surface area (Å²) >= 11 is 0. The van der Waals surface area contributed by atoms with Gasteiger partial charge in [-0.3, -0.25) is 14.9 Å². The number of benzene rings is 2. The summed E-state index contributed by atoms with van der Waals surface area (Å²) in [5, 5.41) is 12.6. The fourth-order valence-corrected chi connectivity index (χ4v) is 2.09. The first-order valence-corrected chi connectivity index (χ1v) is 7.62. The van der Waals surface area contributed by atoms with Crippen LogP contribution in [-0.4, -0.2) is 22.9 Å². The van der Waals surface area contributed by atoms with Crippen LogP contribution in [0.1, 0.15) is 22.8 Å². The molecular formula is C17H12F4N2O5. The van der Waals surface area contributed by atoms with Crippen molar-refractivity contribution in [2.75, 3.05) is 5.32 Å². The number of anilines is 1. The molecule has 0 fully saturated rings. The zero-order chi connectivity index (χ0) is 21.1. The Kier molecular flexibility index (Phi) is 5.96. The number of esters is 1. The minimum atomic E-state index is -4.97. The Morgan fingerprint density at radius 3 is 2.29 bits per heavy atom. The number of carbonyl (C=O) groups excluding carboxylic acids is 2. The van der Waals surface area contributed by atoms with Gasteiger partial charge < -0.3 is 10.1 Å². The maximum absolute atomic E-state index is 13.1. The molecule has 148 valence electrons. The minimum Gasteiger partial charge on any atom is -0.449 e. The summed E-state index contributed by atoms with van der Waals surface area (Å²) in [6.45, 7) is 1.12. The van der Waals surface area contributed by atoms with E-state index in [1.54, 1.807) is 0 Å². The number of carbonyl (C=O) groups is 2. The van der Waals surface area contributed by atoms with Gasteiger partial charge in [0, 0.05) is 12.1 Å². The molecule has 0 aliphatic rings. The number of rotatable bonds is 5. The SMILES string of the molecule is C[C@H](OC(=O)c1ccc(F)cc1)C(=O)Nc1ccc([N+](=O)[O-])cc1C(F)(F)F. The lowest BCUT2D eigenvalue weighted by atomic mass is 10.1. The van der Waals surface area contributed by atoms with E-state index in [1.807, 2.05) is 5.32 Å². The summed E-state index contributed by atoms with van der Waals surface area (Å²) in [6, 6.07) is 6.01. The molecule has 28 heavy (non-hydrogen) atoms. The summed E-state index contributed by atoms with van der Waals surface area (Å²) in [7, 11) is 0. The Bertz CT molecular complexity index is 913. The third kappa shape index (κ3) is 5.02. The van der Waals surface area contributed by atoms with E-state index >= 15 is 0 Å². The average molecular weight is 400 g/mol. The first-order chi connectivity index (χ1) is 13.0. The Morgan fingerprint density at radius 2 is 1.75 bits per heavy atom. The van der Waals surface area contributed by atoms with Crippen molar-refractivity contribution >= 4 is 23.3 Å². The molecule has 0 spiro atoms. The molecule has 1 amide bonds. The molecule has 0 heterocycles. The van der Waals surface area contributed by atoms with Crippen LogP contribution in [0.5, 0.6) is 0 Å². The standard InChI is InChI=1S/C17H12F4N2O5/c1-9(28-16(25)10-2-4-11(18)5-3-10)15(24)22-14-7-6-12(23(26)27)8-13(14)17(19,20)21/h2-9H,1H3,(H,22,24)/t9-/m0/s1. The molecular weight excluding hydrogens is 388 g/mol. The zero-order valence-electron chi connectivity index (χ0n) is 14.1. The van der Waals surface area contributed by atoms with Crippen LogP contribution >= 0.6 is 0 Å². The highest BCUT2D eigenvalue weighted by molar-refractivity contribution is 5.97. The van der Waals surface area contributed by atoms with Crippen LogP contribution < -0.4 is 5.32 Å². The highest BCUT2D eigenvalue weighted by Gasteiger charge is 2.36. The molecule has 0 bridgehead atoms. The molecule has 7 nitrogen and oxygen atoms in total. The average Bonchev–Trinajstić information content (AvgIpc) is 2.61. The normalized spacial score (nSPS) is 12.2. The van der Waals surface area contributed by atoms with Gasteiger partial charge in [-0.05, 0) is 37.3 Å². The van der Waals surface area contributed by atoms with E-state index in [0.717, 1.165) is 43.3 Å². The molecule has 0 unspecified atom stereocenters. The molecule has 1 atom stereocenters. The van der Waals surface area contributed by atoms with Gasteiger partial charge in [0.05, 0.1) is 21.7 Å². The minimum absolute atomic E-state index is 0.0626. The first kappa shape index (κ1) is 20.8. The molecule has 11 heteroatoms. The number of amides is 1. The van der Waals surface area contributed by atoms with Gasteiger partial charge in [-0.25, -0.2) is 9.18 Å². The van der Waals surface area contributed by atoms with Gasteiger partial charge in [0.15, 0.2) is 6.10 Å². The Morgan fingerprint density at radius 1 is 1.14 bits per heavy atom. The predicted octanol–water partition coefficient (Wildman–Crippen LogP) is 3.94. The fraction of sp³-hybridized carbons (Fsp3) is 0.176. The van der Waals surface area contributed by atoms with Crippen molar-refractivity contribution in [2.45, 2.75) is 19.2 Å². The van der Waals surface area contributed by atoms with Gasteiger partial charge in [0.2, 0.25) is 0 Å². The van der Waals surface area contributed by atoms with Crippen LogP contribution in [0, 0.1) is 15.9 Å². The fourth-order valence-electron chi connectivity index (χ4n) is 2.09. The number of nitrogens with zero attached hydrogens (tertiary/aromatic N) is 1. The van der Waals surface area contributed by atoms with E-state index in [9.17, 15) is 37.3 Å². The number of nitro benzene ring substituents is 1. The second-order valence-corrected chi connectivity index (χ2v) is 5.53. The highest BCUT2D eigenvalue weighted by atomic mass is 19.4. The van der Waals surface area contributed by atoms with Gasteiger partial charge in [-0.15, -0.1) is 0 Å². The van der Waals surface area contributed by atoms with Crippen molar-refractivity contribution in [2.24, 2.45) is 0 Å². The van der Waals surface area contributed by atoms with Crippen molar-refractivity contribution in [1.29, 1.82) is 0 Å². The zero-order valence-corrected chi connectivity index (χ0v) is 14.1. The summed E-state index contributed by atoms with van der Waals surface area (Å²) < 4.78 is 57.0. The van der Waals surface area contributed by atoms with Gasteiger partial charge in [-0.1, -0.05) is 0 Å². The number of nitrogens with one attached hydrogen (secondary N) is 1. The number of non-ortho nitro benzene ring substituents is 1. The second kappa shape index (κ2) is 8.03. The molecule has 0 saturated carbocycles. The van der Waals surface area contributed by atoms with E-state index in [0.29, 0.717) is 0 Å². The van der Waals surface area contributed by atoms with Crippen LogP contribution in [0.4, 0.5) is 28.9 Å². The maximum Gasteiger partial charge on any atom is 0.418 e. The van der Waals surface area contributed by atoms with E-state index in [4.69, 9.17) is 4.74 Å². The molecule has 2 aromatic carbocycles. The van der Waals surface area contributed by atoms with Crippen molar-refractivity contribution in [3.63, 3.8) is 0 Å². The van der Waals surface area contributed by atoms with Gasteiger partial charge in [0.1, 0.15) is 5.82 Å². The number of hydrogen-bond donors (Lipinski definition) is 1. The first-order valence-electron chi connectivity index (χ1n) is 7.62. The number of hydrogen-bond acceptors (Lipinski definition) is 5. The number of nitro groups is 1. The topological polar surface area (TPSA) is 98.5 Å². The van der Waals surface area contributed by atoms with Crippen molar-refractivity contribution < 1.29 is 36.8 Å². The van der Waals surface area contributed by atoms with Gasteiger partial charge in [0.25, 0.3) is 11.6 Å². The summed E-state index contributed by atoms with van der Waals surface area (Å²) in [6.07, 6.45) is -6.46. The molecule has 0 radical (unpaired) electrons. The smallest absolute Gasteiger partial charge is 0.418 e. The lowest BCUT2D eigenvalue weighted by Crippen LogP contribution is -2.30. The number of ether oxygens (including phenoxy) is 1. The molecule has 0 aromatic heterocycles. The maximum atomic E-state index is 13.1. The van der Waals surface area contributed by atoms with Crippen molar-refractivity contribution in [3.8, 4) is 0 Å². The van der Waals surface area contributed by atoms with E-state index in [-0.39, 0.29) is 11.6 Å². The molecule has 2 rings (SSSR count). The summed E-state index contributed by atoms with van der Waals surface area (Å²) in [5.74, 6) is -2.67. The lowest BCUT2D eigenvalue weighted by Gasteiger charge is -2.17. The van der Waals surface area contributed by atoms with Crippen LogP contribution in [0.15, 0.2) is 42.5 Å². The Hall–Kier alpha value is -3.50. The molecule has 0 aliphatic carbocycles. The van der Waals surface area contributed by atoms with Gasteiger partial charge in [-0.2, -0.15) is 13.2 Å². The van der Waals surface area contributed by atoms with E-state index in [2.05, 4.69) is 0 Å². The monoisotopic (exact) mass is 400 g/mol.